The molecule has 0 heterocycles. The van der Waals surface area contributed by atoms with Crippen LogP contribution in [0.2, 0.25) is 0 Å². The van der Waals surface area contributed by atoms with Gasteiger partial charge in [-0.2, -0.15) is 0 Å². The van der Waals surface area contributed by atoms with Gasteiger partial charge in [0.2, 0.25) is 0 Å². The molecule has 0 aromatic rings. The molecule has 1 aliphatic rings. The van der Waals surface area contributed by atoms with E-state index in [1.807, 2.05) is 0 Å². The molecule has 1 aliphatic carbocycles. The van der Waals surface area contributed by atoms with Crippen molar-refractivity contribution in [2.24, 2.45) is 5.92 Å². The SMILES string of the molecule is CC1[CH]CCCC1.F[B-](F)(F)F.[K+]. The largest absolute Gasteiger partial charge is 1.00 e. The Morgan fingerprint density at radius 1 is 1.15 bits per heavy atom. The van der Waals surface area contributed by atoms with Gasteiger partial charge in [0.05, 0.1) is 0 Å². The Hall–Kier alpha value is 1.42. The van der Waals surface area contributed by atoms with Crippen molar-refractivity contribution in [3.05, 3.63) is 6.42 Å². The van der Waals surface area contributed by atoms with Crippen LogP contribution in [-0.2, 0) is 0 Å². The Balaban J connectivity index is 0. The average molecular weight is 223 g/mol. The minimum atomic E-state index is -6.00. The van der Waals surface area contributed by atoms with Gasteiger partial charge in [-0.15, -0.1) is 0 Å². The van der Waals surface area contributed by atoms with E-state index >= 15 is 0 Å². The fourth-order valence-electron chi connectivity index (χ4n) is 1.13. The van der Waals surface area contributed by atoms with Gasteiger partial charge in [-0.1, -0.05) is 26.2 Å². The average Bonchev–Trinajstić information content (AvgIpc) is 1.85. The molecule has 1 saturated carbocycles. The number of hydrogen-bond acceptors (Lipinski definition) is 0. The molecule has 0 aliphatic heterocycles. The van der Waals surface area contributed by atoms with Gasteiger partial charge < -0.3 is 17.3 Å². The molecule has 0 aromatic carbocycles. The zero-order valence-corrected chi connectivity index (χ0v) is 11.2. The van der Waals surface area contributed by atoms with Crippen molar-refractivity contribution in [1.82, 2.24) is 0 Å². The molecule has 0 amide bonds. The molecular weight excluding hydrogens is 210 g/mol. The van der Waals surface area contributed by atoms with Crippen molar-refractivity contribution in [2.75, 3.05) is 0 Å². The third-order valence-corrected chi connectivity index (χ3v) is 1.68. The maximum Gasteiger partial charge on any atom is 1.00 e. The molecule has 1 unspecified atom stereocenters. The van der Waals surface area contributed by atoms with Crippen LogP contribution in [0.1, 0.15) is 32.6 Å². The Kier molecular flexibility index (Phi) is 11.3. The summed E-state index contributed by atoms with van der Waals surface area (Å²) >= 11 is 0. The fourth-order valence-corrected chi connectivity index (χ4v) is 1.13. The van der Waals surface area contributed by atoms with E-state index in [4.69, 9.17) is 0 Å². The molecule has 0 spiro atoms. The van der Waals surface area contributed by atoms with Crippen molar-refractivity contribution in [3.63, 3.8) is 0 Å². The predicted molar refractivity (Wildman–Crippen MR) is 42.1 cm³/mol. The van der Waals surface area contributed by atoms with Gasteiger partial charge in [0.1, 0.15) is 0 Å². The van der Waals surface area contributed by atoms with E-state index in [2.05, 4.69) is 13.3 Å². The summed E-state index contributed by atoms with van der Waals surface area (Å²) in [6.07, 6.45) is 8.12. The van der Waals surface area contributed by atoms with Crippen molar-refractivity contribution in [1.29, 1.82) is 0 Å². The smallest absolute Gasteiger partial charge is 0.418 e. The van der Waals surface area contributed by atoms with Gasteiger partial charge in [-0.25, -0.2) is 0 Å². The Morgan fingerprint density at radius 2 is 1.62 bits per heavy atom. The number of halogens is 4. The molecule has 1 fully saturated rings. The van der Waals surface area contributed by atoms with Crippen molar-refractivity contribution < 1.29 is 68.6 Å². The first kappa shape index (κ1) is 16.8. The van der Waals surface area contributed by atoms with Crippen LogP contribution in [0.3, 0.4) is 0 Å². The van der Waals surface area contributed by atoms with Gasteiger partial charge in [0, 0.05) is 0 Å². The normalized spacial score (nSPS) is 18.2. The van der Waals surface area contributed by atoms with Gasteiger partial charge in [0.15, 0.2) is 0 Å². The first-order valence-corrected chi connectivity index (χ1v) is 4.10. The summed E-state index contributed by atoms with van der Waals surface area (Å²) in [4.78, 5) is 0. The first-order chi connectivity index (χ1) is 5.39. The quantitative estimate of drug-likeness (QED) is 0.419. The molecule has 6 heteroatoms. The summed E-state index contributed by atoms with van der Waals surface area (Å²) in [7, 11) is -6.00. The first-order valence-electron chi connectivity index (χ1n) is 4.10. The van der Waals surface area contributed by atoms with Crippen molar-refractivity contribution in [3.8, 4) is 0 Å². The van der Waals surface area contributed by atoms with Crippen LogP contribution in [0.5, 0.6) is 0 Å². The van der Waals surface area contributed by atoms with Crippen LogP contribution >= 0.6 is 0 Å². The van der Waals surface area contributed by atoms with Gasteiger partial charge in [-0.05, 0) is 18.8 Å². The second kappa shape index (κ2) is 8.71. The van der Waals surface area contributed by atoms with Crippen LogP contribution in [0, 0.1) is 12.3 Å². The van der Waals surface area contributed by atoms with E-state index in [1.54, 1.807) is 0 Å². The number of rotatable bonds is 0. The standard InChI is InChI=1S/C7H13.BF4.K/c1-7-5-3-2-4-6-7;2-1(3,4)5;/h5,7H,2-4,6H2,1H3;;/q;-1;+1. The Bertz CT molecular complexity index is 106. The zero-order valence-electron chi connectivity index (χ0n) is 8.07. The van der Waals surface area contributed by atoms with Crippen molar-refractivity contribution >= 4 is 7.25 Å². The monoisotopic (exact) mass is 223 g/mol. The van der Waals surface area contributed by atoms with Crippen LogP contribution in [0.4, 0.5) is 17.3 Å². The van der Waals surface area contributed by atoms with Gasteiger partial charge >= 0.3 is 58.6 Å². The molecule has 0 saturated heterocycles. The maximum absolute atomic E-state index is 9.75. The van der Waals surface area contributed by atoms with E-state index in [9.17, 15) is 17.3 Å². The molecule has 73 valence electrons. The Labute approximate surface area is 119 Å². The van der Waals surface area contributed by atoms with Crippen LogP contribution in [-0.4, -0.2) is 7.25 Å². The maximum atomic E-state index is 9.75. The summed E-state index contributed by atoms with van der Waals surface area (Å²) in [5, 5.41) is 0. The van der Waals surface area contributed by atoms with Crippen LogP contribution in [0.25, 0.3) is 0 Å². The summed E-state index contributed by atoms with van der Waals surface area (Å²) in [6, 6.07) is 0. The molecule has 0 nitrogen and oxygen atoms in total. The molecule has 1 atom stereocenters. The topological polar surface area (TPSA) is 0 Å². The summed E-state index contributed by atoms with van der Waals surface area (Å²) in [5.74, 6) is 0.911. The zero-order chi connectivity index (χ0) is 9.61. The predicted octanol–water partition coefficient (Wildman–Crippen LogP) is 0.705. The molecule has 0 N–H and O–H groups in total. The molecule has 1 radical (unpaired) electrons. The molecule has 0 aromatic heterocycles. The van der Waals surface area contributed by atoms with Gasteiger partial charge in [-0.3, -0.25) is 0 Å². The third-order valence-electron chi connectivity index (χ3n) is 1.68. The molecule has 1 rings (SSSR count). The van der Waals surface area contributed by atoms with Crippen LogP contribution < -0.4 is 51.4 Å². The fraction of sp³-hybridized carbons (Fsp3) is 0.857. The summed E-state index contributed by atoms with van der Waals surface area (Å²) in [6.45, 7) is 2.30. The van der Waals surface area contributed by atoms with E-state index < -0.39 is 7.25 Å². The third kappa shape index (κ3) is 19.7. The van der Waals surface area contributed by atoms with Crippen LogP contribution in [0.15, 0.2) is 0 Å². The van der Waals surface area contributed by atoms with E-state index in [-0.39, 0.29) is 51.4 Å². The summed E-state index contributed by atoms with van der Waals surface area (Å²) < 4.78 is 39.0. The second-order valence-corrected chi connectivity index (χ2v) is 2.99. The molecular formula is C7H13BF4K. The van der Waals surface area contributed by atoms with E-state index in [1.165, 1.54) is 25.7 Å². The number of hydrogen-bond donors (Lipinski definition) is 0. The van der Waals surface area contributed by atoms with Gasteiger partial charge in [0.25, 0.3) is 0 Å². The minimum absolute atomic E-state index is 0. The van der Waals surface area contributed by atoms with E-state index in [0.29, 0.717) is 0 Å². The summed E-state index contributed by atoms with van der Waals surface area (Å²) in [5.41, 5.74) is 0. The second-order valence-electron chi connectivity index (χ2n) is 2.99. The van der Waals surface area contributed by atoms with Crippen molar-refractivity contribution in [2.45, 2.75) is 32.6 Å². The minimum Gasteiger partial charge on any atom is -0.418 e. The van der Waals surface area contributed by atoms with E-state index in [0.717, 1.165) is 5.92 Å². The molecule has 0 bridgehead atoms. The molecule has 13 heavy (non-hydrogen) atoms. The Morgan fingerprint density at radius 3 is 1.77 bits per heavy atom.